The number of benzene rings is 1. The molecule has 0 bridgehead atoms. The molecule has 0 aliphatic carbocycles. The molecule has 8 nitrogen and oxygen atoms in total. The Kier molecular flexibility index (Phi) is 4.28. The molecule has 3 heterocycles. The molecule has 0 unspecified atom stereocenters. The van der Waals surface area contributed by atoms with Crippen LogP contribution in [0.1, 0.15) is 17.6 Å². The van der Waals surface area contributed by atoms with Gasteiger partial charge in [-0.3, -0.25) is 15.1 Å². The van der Waals surface area contributed by atoms with Crippen molar-refractivity contribution in [2.24, 2.45) is 0 Å². The van der Waals surface area contributed by atoms with E-state index in [1.54, 1.807) is 24.5 Å². The molecule has 0 saturated carbocycles. The Morgan fingerprint density at radius 2 is 2.08 bits per heavy atom. The molecule has 0 spiro atoms. The molecule has 9 heteroatoms. The van der Waals surface area contributed by atoms with Gasteiger partial charge in [-0.25, -0.2) is 4.98 Å². The number of thiazole rings is 1. The number of pyridine rings is 1. The average Bonchev–Trinajstić information content (AvgIpc) is 3.29. The minimum Gasteiger partial charge on any atom is -0.494 e. The number of amides is 1. The van der Waals surface area contributed by atoms with Crippen molar-refractivity contribution in [3.05, 3.63) is 48.6 Å². The summed E-state index contributed by atoms with van der Waals surface area (Å²) in [6, 6.07) is 9.04. The van der Waals surface area contributed by atoms with E-state index >= 15 is 0 Å². The molecule has 1 amide bonds. The predicted octanol–water partition coefficient (Wildman–Crippen LogP) is 3.39. The van der Waals surface area contributed by atoms with Crippen LogP contribution in [0.4, 0.5) is 5.13 Å². The first-order valence-corrected chi connectivity index (χ1v) is 8.63. The highest BCUT2D eigenvalue weighted by atomic mass is 32.1. The van der Waals surface area contributed by atoms with Gasteiger partial charge < -0.3 is 9.26 Å². The van der Waals surface area contributed by atoms with E-state index in [2.05, 4.69) is 25.4 Å². The summed E-state index contributed by atoms with van der Waals surface area (Å²) in [5.74, 6) is 0.441. The van der Waals surface area contributed by atoms with Crippen LogP contribution < -0.4 is 10.1 Å². The van der Waals surface area contributed by atoms with Gasteiger partial charge in [0, 0.05) is 18.0 Å². The van der Waals surface area contributed by atoms with Gasteiger partial charge in [0.1, 0.15) is 5.75 Å². The number of nitrogens with one attached hydrogen (secondary N) is 1. The highest BCUT2D eigenvalue weighted by Crippen LogP contribution is 2.29. The molecule has 130 valence electrons. The second-order valence-corrected chi connectivity index (χ2v) is 6.23. The molecular formula is C17H13N5O3S. The Labute approximate surface area is 151 Å². The summed E-state index contributed by atoms with van der Waals surface area (Å²) in [5, 5.41) is 6.95. The zero-order valence-electron chi connectivity index (χ0n) is 13.7. The van der Waals surface area contributed by atoms with Crippen LogP contribution in [-0.4, -0.2) is 32.6 Å². The molecule has 0 atom stereocenters. The smallest absolute Gasteiger partial charge is 0.316 e. The maximum atomic E-state index is 12.3. The van der Waals surface area contributed by atoms with Crippen molar-refractivity contribution in [2.75, 3.05) is 11.9 Å². The van der Waals surface area contributed by atoms with Crippen LogP contribution in [0.25, 0.3) is 21.6 Å². The third-order valence-corrected chi connectivity index (χ3v) is 4.38. The van der Waals surface area contributed by atoms with E-state index in [1.165, 1.54) is 11.3 Å². The first-order chi connectivity index (χ1) is 12.7. The minimum absolute atomic E-state index is 0.133. The normalized spacial score (nSPS) is 10.8. The quantitative estimate of drug-likeness (QED) is 0.576. The van der Waals surface area contributed by atoms with Crippen LogP contribution in [0.2, 0.25) is 0 Å². The summed E-state index contributed by atoms with van der Waals surface area (Å²) < 4.78 is 11.4. The maximum absolute atomic E-state index is 12.3. The van der Waals surface area contributed by atoms with Crippen molar-refractivity contribution in [2.45, 2.75) is 6.92 Å². The lowest BCUT2D eigenvalue weighted by Crippen LogP contribution is -2.11. The molecule has 3 aromatic heterocycles. The second kappa shape index (κ2) is 6.89. The summed E-state index contributed by atoms with van der Waals surface area (Å²) in [5.41, 5.74) is 1.49. The van der Waals surface area contributed by atoms with E-state index in [4.69, 9.17) is 9.26 Å². The van der Waals surface area contributed by atoms with Crippen LogP contribution >= 0.6 is 11.3 Å². The van der Waals surface area contributed by atoms with Gasteiger partial charge in [0.25, 0.3) is 0 Å². The minimum atomic E-state index is -0.512. The maximum Gasteiger partial charge on any atom is 0.316 e. The molecule has 0 aliphatic heterocycles. The van der Waals surface area contributed by atoms with Crippen molar-refractivity contribution in [1.82, 2.24) is 20.1 Å². The summed E-state index contributed by atoms with van der Waals surface area (Å²) in [4.78, 5) is 24.7. The fourth-order valence-corrected chi connectivity index (χ4v) is 3.19. The van der Waals surface area contributed by atoms with Gasteiger partial charge in [-0.2, -0.15) is 4.98 Å². The first kappa shape index (κ1) is 16.2. The van der Waals surface area contributed by atoms with Crippen molar-refractivity contribution in [3.8, 4) is 17.1 Å². The average molecular weight is 367 g/mol. The molecule has 0 aliphatic rings. The SMILES string of the molecule is CCOc1ccc2nc(NC(=O)c3nc(-c4ccncc4)no3)sc2c1. The van der Waals surface area contributed by atoms with E-state index in [0.717, 1.165) is 16.0 Å². The van der Waals surface area contributed by atoms with Crippen LogP contribution in [0.15, 0.2) is 47.2 Å². The number of carbonyl (C=O) groups excluding carboxylic acids is 1. The lowest BCUT2D eigenvalue weighted by Gasteiger charge is -2.00. The largest absolute Gasteiger partial charge is 0.494 e. The zero-order chi connectivity index (χ0) is 17.9. The van der Waals surface area contributed by atoms with Crippen molar-refractivity contribution in [1.29, 1.82) is 0 Å². The highest BCUT2D eigenvalue weighted by molar-refractivity contribution is 7.22. The fraction of sp³-hybridized carbons (Fsp3) is 0.118. The summed E-state index contributed by atoms with van der Waals surface area (Å²) >= 11 is 1.34. The van der Waals surface area contributed by atoms with Crippen molar-refractivity contribution in [3.63, 3.8) is 0 Å². The van der Waals surface area contributed by atoms with Gasteiger partial charge in [-0.1, -0.05) is 16.5 Å². The third-order valence-electron chi connectivity index (χ3n) is 3.45. The number of nitrogens with zero attached hydrogens (tertiary/aromatic N) is 4. The molecule has 0 fully saturated rings. The highest BCUT2D eigenvalue weighted by Gasteiger charge is 2.18. The Morgan fingerprint density at radius 1 is 1.23 bits per heavy atom. The molecule has 0 radical (unpaired) electrons. The zero-order valence-corrected chi connectivity index (χ0v) is 14.5. The first-order valence-electron chi connectivity index (χ1n) is 7.82. The number of ether oxygens (including phenoxy) is 1. The Morgan fingerprint density at radius 3 is 2.88 bits per heavy atom. The molecule has 26 heavy (non-hydrogen) atoms. The molecule has 0 saturated heterocycles. The number of hydrogen-bond acceptors (Lipinski definition) is 8. The fourth-order valence-electron chi connectivity index (χ4n) is 2.30. The molecule has 1 aromatic carbocycles. The number of rotatable bonds is 5. The van der Waals surface area contributed by atoms with Gasteiger partial charge in [-0.05, 0) is 37.3 Å². The van der Waals surface area contributed by atoms with Gasteiger partial charge in [-0.15, -0.1) is 0 Å². The van der Waals surface area contributed by atoms with E-state index < -0.39 is 5.91 Å². The molecule has 4 rings (SSSR count). The van der Waals surface area contributed by atoms with Gasteiger partial charge in [0.05, 0.1) is 16.8 Å². The van der Waals surface area contributed by atoms with Crippen molar-refractivity contribution >= 4 is 32.6 Å². The van der Waals surface area contributed by atoms with Gasteiger partial charge >= 0.3 is 11.8 Å². The van der Waals surface area contributed by atoms with E-state index in [0.29, 0.717) is 23.1 Å². The van der Waals surface area contributed by atoms with Crippen LogP contribution in [0, 0.1) is 0 Å². The predicted molar refractivity (Wildman–Crippen MR) is 96.3 cm³/mol. The molecule has 1 N–H and O–H groups in total. The summed E-state index contributed by atoms with van der Waals surface area (Å²) in [6.45, 7) is 2.51. The number of anilines is 1. The Balaban J connectivity index is 1.53. The monoisotopic (exact) mass is 367 g/mol. The number of carbonyl (C=O) groups is 1. The van der Waals surface area contributed by atoms with E-state index in [9.17, 15) is 4.79 Å². The lowest BCUT2D eigenvalue weighted by atomic mass is 10.2. The second-order valence-electron chi connectivity index (χ2n) is 5.19. The lowest BCUT2D eigenvalue weighted by molar-refractivity contribution is 0.0981. The molecule has 4 aromatic rings. The summed E-state index contributed by atoms with van der Waals surface area (Å²) in [6.07, 6.45) is 3.23. The van der Waals surface area contributed by atoms with Gasteiger partial charge in [0.2, 0.25) is 5.82 Å². The van der Waals surface area contributed by atoms with Gasteiger partial charge in [0.15, 0.2) is 5.13 Å². The van der Waals surface area contributed by atoms with Crippen LogP contribution in [0.3, 0.4) is 0 Å². The summed E-state index contributed by atoms with van der Waals surface area (Å²) in [7, 11) is 0. The standard InChI is InChI=1S/C17H13N5O3S/c1-2-24-11-3-4-12-13(9-11)26-17(19-12)21-15(23)16-20-14(22-25-16)10-5-7-18-8-6-10/h3-9H,2H2,1H3,(H,19,21,23). The molecular weight excluding hydrogens is 354 g/mol. The number of fused-ring (bicyclic) bond motifs is 1. The number of aromatic nitrogens is 4. The van der Waals surface area contributed by atoms with E-state index in [1.807, 2.05) is 25.1 Å². The third kappa shape index (κ3) is 3.24. The Bertz CT molecular complexity index is 1060. The topological polar surface area (TPSA) is 103 Å². The number of hydrogen-bond donors (Lipinski definition) is 1. The Hall–Kier alpha value is -3.33. The van der Waals surface area contributed by atoms with Crippen LogP contribution in [-0.2, 0) is 0 Å². The van der Waals surface area contributed by atoms with Crippen molar-refractivity contribution < 1.29 is 14.1 Å². The van der Waals surface area contributed by atoms with Crippen LogP contribution in [0.5, 0.6) is 5.75 Å². The van der Waals surface area contributed by atoms with E-state index in [-0.39, 0.29) is 5.89 Å².